The summed E-state index contributed by atoms with van der Waals surface area (Å²) >= 11 is 0. The van der Waals surface area contributed by atoms with E-state index in [0.29, 0.717) is 17.9 Å². The van der Waals surface area contributed by atoms with Gasteiger partial charge in [-0.2, -0.15) is 5.10 Å². The number of aromatic nitrogens is 4. The average Bonchev–Trinajstić information content (AvgIpc) is 2.70. The highest BCUT2D eigenvalue weighted by atomic mass is 15.3. The minimum absolute atomic E-state index is 0.317. The molecule has 0 fully saturated rings. The molecule has 0 amide bonds. The Morgan fingerprint density at radius 2 is 1.61 bits per heavy atom. The molecule has 4 nitrogen and oxygen atoms in total. The first-order chi connectivity index (χ1) is 8.41. The van der Waals surface area contributed by atoms with Gasteiger partial charge in [0.2, 0.25) is 0 Å². The van der Waals surface area contributed by atoms with Crippen molar-refractivity contribution in [2.45, 2.75) is 59.4 Å². The monoisotopic (exact) mass is 246 g/mol. The van der Waals surface area contributed by atoms with Gasteiger partial charge in [0.15, 0.2) is 5.65 Å². The second-order valence-corrected chi connectivity index (χ2v) is 5.70. The van der Waals surface area contributed by atoms with Gasteiger partial charge in [-0.15, -0.1) is 0 Å². The number of rotatable bonds is 3. The third-order valence-electron chi connectivity index (χ3n) is 3.05. The fraction of sp³-hybridized carbons (Fsp3) is 0.643. The lowest BCUT2D eigenvalue weighted by Crippen LogP contribution is -2.08. The van der Waals surface area contributed by atoms with Gasteiger partial charge in [-0.3, -0.25) is 0 Å². The maximum atomic E-state index is 4.71. The van der Waals surface area contributed by atoms with Crippen molar-refractivity contribution >= 4 is 11.0 Å². The summed E-state index contributed by atoms with van der Waals surface area (Å²) in [5.74, 6) is 1.63. The average molecular weight is 246 g/mol. The van der Waals surface area contributed by atoms with E-state index in [4.69, 9.17) is 4.98 Å². The zero-order chi connectivity index (χ0) is 13.4. The molecule has 0 bridgehead atoms. The van der Waals surface area contributed by atoms with Crippen LogP contribution >= 0.6 is 0 Å². The lowest BCUT2D eigenvalue weighted by Gasteiger charge is -2.12. The summed E-state index contributed by atoms with van der Waals surface area (Å²) in [6.07, 6.45) is 1.90. The fourth-order valence-electron chi connectivity index (χ4n) is 2.04. The van der Waals surface area contributed by atoms with Crippen LogP contribution in [0.25, 0.3) is 11.0 Å². The van der Waals surface area contributed by atoms with Crippen LogP contribution in [-0.2, 0) is 0 Å². The Bertz CT molecular complexity index is 552. The number of fused-ring (bicyclic) bond motifs is 1. The van der Waals surface area contributed by atoms with Crippen molar-refractivity contribution < 1.29 is 0 Å². The Morgan fingerprint density at radius 1 is 0.944 bits per heavy atom. The van der Waals surface area contributed by atoms with Gasteiger partial charge in [0.1, 0.15) is 5.82 Å². The van der Waals surface area contributed by atoms with Crippen molar-refractivity contribution in [3.63, 3.8) is 0 Å². The van der Waals surface area contributed by atoms with Crippen LogP contribution in [0, 0.1) is 0 Å². The van der Waals surface area contributed by atoms with E-state index in [2.05, 4.69) is 51.6 Å². The molecular weight excluding hydrogens is 224 g/mol. The molecule has 18 heavy (non-hydrogen) atoms. The molecule has 0 aliphatic rings. The molecule has 0 spiro atoms. The summed E-state index contributed by atoms with van der Waals surface area (Å²) in [6, 6.07) is 0.317. The summed E-state index contributed by atoms with van der Waals surface area (Å²) in [6.45, 7) is 12.8. The molecule has 2 aromatic heterocycles. The Hall–Kier alpha value is -1.45. The standard InChI is InChI=1S/C14H22N4/c1-8(2)12-11-7-15-18(10(5)6)14(11)17-13(16-12)9(3)4/h7-10H,1-6H3. The minimum atomic E-state index is 0.317. The van der Waals surface area contributed by atoms with E-state index in [1.165, 1.54) is 0 Å². The molecule has 0 atom stereocenters. The van der Waals surface area contributed by atoms with E-state index in [0.717, 1.165) is 22.6 Å². The highest BCUT2D eigenvalue weighted by Crippen LogP contribution is 2.26. The topological polar surface area (TPSA) is 43.6 Å². The molecule has 0 aliphatic carbocycles. The van der Waals surface area contributed by atoms with E-state index >= 15 is 0 Å². The Kier molecular flexibility index (Phi) is 3.37. The van der Waals surface area contributed by atoms with Gasteiger partial charge >= 0.3 is 0 Å². The van der Waals surface area contributed by atoms with E-state index in [9.17, 15) is 0 Å². The normalized spacial score (nSPS) is 12.3. The van der Waals surface area contributed by atoms with Crippen LogP contribution in [-0.4, -0.2) is 19.7 Å². The third-order valence-corrected chi connectivity index (χ3v) is 3.05. The molecule has 2 aromatic rings. The highest BCUT2D eigenvalue weighted by molar-refractivity contribution is 5.78. The van der Waals surface area contributed by atoms with Gasteiger partial charge in [0.25, 0.3) is 0 Å². The van der Waals surface area contributed by atoms with Crippen LogP contribution in [0.2, 0.25) is 0 Å². The maximum absolute atomic E-state index is 4.71. The van der Waals surface area contributed by atoms with Gasteiger partial charge in [-0.1, -0.05) is 27.7 Å². The van der Waals surface area contributed by atoms with Crippen molar-refractivity contribution in [3.8, 4) is 0 Å². The largest absolute Gasteiger partial charge is 0.245 e. The maximum Gasteiger partial charge on any atom is 0.162 e. The fourth-order valence-corrected chi connectivity index (χ4v) is 2.04. The molecule has 0 N–H and O–H groups in total. The quantitative estimate of drug-likeness (QED) is 0.830. The van der Waals surface area contributed by atoms with Crippen molar-refractivity contribution in [2.75, 3.05) is 0 Å². The molecule has 2 heterocycles. The molecule has 0 unspecified atom stereocenters. The molecule has 0 saturated heterocycles. The molecule has 2 rings (SSSR count). The molecule has 98 valence electrons. The first kappa shape index (κ1) is 13.0. The van der Waals surface area contributed by atoms with Crippen molar-refractivity contribution in [1.29, 1.82) is 0 Å². The second kappa shape index (κ2) is 4.67. The summed E-state index contributed by atoms with van der Waals surface area (Å²) in [5, 5.41) is 5.54. The summed E-state index contributed by atoms with van der Waals surface area (Å²) in [7, 11) is 0. The second-order valence-electron chi connectivity index (χ2n) is 5.70. The zero-order valence-electron chi connectivity index (χ0n) is 12.1. The van der Waals surface area contributed by atoms with Crippen LogP contribution < -0.4 is 0 Å². The Labute approximate surface area is 108 Å². The summed E-state index contributed by atoms with van der Waals surface area (Å²) < 4.78 is 1.98. The van der Waals surface area contributed by atoms with E-state index in [-0.39, 0.29) is 0 Å². The van der Waals surface area contributed by atoms with Crippen LogP contribution in [0.4, 0.5) is 0 Å². The molecule has 0 saturated carbocycles. The number of hydrogen-bond donors (Lipinski definition) is 0. The van der Waals surface area contributed by atoms with Crippen LogP contribution in [0.3, 0.4) is 0 Å². The van der Waals surface area contributed by atoms with Gasteiger partial charge in [0.05, 0.1) is 17.3 Å². The van der Waals surface area contributed by atoms with E-state index in [1.54, 1.807) is 0 Å². The summed E-state index contributed by atoms with van der Waals surface area (Å²) in [4.78, 5) is 9.40. The van der Waals surface area contributed by atoms with E-state index in [1.807, 2.05) is 10.9 Å². The first-order valence-corrected chi connectivity index (χ1v) is 6.66. The smallest absolute Gasteiger partial charge is 0.162 e. The van der Waals surface area contributed by atoms with Gasteiger partial charge < -0.3 is 0 Å². The van der Waals surface area contributed by atoms with Crippen LogP contribution in [0.5, 0.6) is 0 Å². The number of hydrogen-bond acceptors (Lipinski definition) is 3. The van der Waals surface area contributed by atoms with Gasteiger partial charge in [-0.25, -0.2) is 14.6 Å². The van der Waals surface area contributed by atoms with Gasteiger partial charge in [-0.05, 0) is 19.8 Å². The first-order valence-electron chi connectivity index (χ1n) is 6.66. The molecule has 4 heteroatoms. The molecule has 0 radical (unpaired) electrons. The Morgan fingerprint density at radius 3 is 2.11 bits per heavy atom. The van der Waals surface area contributed by atoms with Crippen LogP contribution in [0.15, 0.2) is 6.20 Å². The molecular formula is C14H22N4. The van der Waals surface area contributed by atoms with Crippen LogP contribution in [0.1, 0.15) is 70.9 Å². The molecule has 0 aromatic carbocycles. The van der Waals surface area contributed by atoms with Gasteiger partial charge in [0, 0.05) is 12.0 Å². The SMILES string of the molecule is CC(C)c1nc(C(C)C)c2cnn(C(C)C)c2n1. The lowest BCUT2D eigenvalue weighted by atomic mass is 10.1. The number of nitrogens with zero attached hydrogens (tertiary/aromatic N) is 4. The molecule has 0 aliphatic heterocycles. The lowest BCUT2D eigenvalue weighted by molar-refractivity contribution is 0.544. The van der Waals surface area contributed by atoms with Crippen molar-refractivity contribution in [1.82, 2.24) is 19.7 Å². The summed E-state index contributed by atoms with van der Waals surface area (Å²) in [5.41, 5.74) is 2.07. The third kappa shape index (κ3) is 2.11. The predicted molar refractivity (Wildman–Crippen MR) is 73.9 cm³/mol. The highest BCUT2D eigenvalue weighted by Gasteiger charge is 2.17. The zero-order valence-corrected chi connectivity index (χ0v) is 12.1. The van der Waals surface area contributed by atoms with Crippen molar-refractivity contribution in [3.05, 3.63) is 17.7 Å². The van der Waals surface area contributed by atoms with E-state index < -0.39 is 0 Å². The van der Waals surface area contributed by atoms with Crippen molar-refractivity contribution in [2.24, 2.45) is 0 Å². The Balaban J connectivity index is 2.75. The predicted octanol–water partition coefficient (Wildman–Crippen LogP) is 3.65. The minimum Gasteiger partial charge on any atom is -0.245 e.